The number of amides is 1. The summed E-state index contributed by atoms with van der Waals surface area (Å²) in [5, 5.41) is 7.93. The second-order valence-electron chi connectivity index (χ2n) is 9.57. The van der Waals surface area contributed by atoms with Crippen molar-refractivity contribution < 1.29 is 10.1 Å². The highest BCUT2D eigenvalue weighted by Gasteiger charge is 2.52. The number of carbonyl (C=O) groups is 1. The summed E-state index contributed by atoms with van der Waals surface area (Å²) in [6, 6.07) is 14.9. The van der Waals surface area contributed by atoms with Gasteiger partial charge >= 0.3 is 0 Å². The quantitative estimate of drug-likeness (QED) is 0.766. The Labute approximate surface area is 171 Å². The monoisotopic (exact) mass is 395 g/mol. The number of thiophene rings is 1. The lowest BCUT2D eigenvalue weighted by molar-refractivity contribution is -0.704. The standard InChI is InChI=1S/C24H30N2OS/c1-16(25-22(21-8-5-9-28-21)20-6-3-2-4-7-20)23(27)26-24-13-17-10-18(14-24)12-19(11-17)15-24/h2-9,16-19,22,25H,10-15H2,1H3,(H,26,27)/p+1/t16-,17?,18?,19?,22+,24?/m0/s1. The van der Waals surface area contributed by atoms with Crippen molar-refractivity contribution in [3.05, 3.63) is 58.3 Å². The number of hydrogen-bond donors (Lipinski definition) is 2. The van der Waals surface area contributed by atoms with E-state index in [4.69, 9.17) is 0 Å². The van der Waals surface area contributed by atoms with E-state index in [0.717, 1.165) is 17.8 Å². The first-order valence-corrected chi connectivity index (χ1v) is 11.7. The number of quaternary nitrogens is 1. The van der Waals surface area contributed by atoms with Gasteiger partial charge in [-0.1, -0.05) is 36.4 Å². The van der Waals surface area contributed by atoms with Crippen molar-refractivity contribution in [2.24, 2.45) is 17.8 Å². The Morgan fingerprint density at radius 3 is 2.25 bits per heavy atom. The molecule has 2 atom stereocenters. The van der Waals surface area contributed by atoms with Crippen molar-refractivity contribution in [2.75, 3.05) is 0 Å². The smallest absolute Gasteiger partial charge is 0.278 e. The van der Waals surface area contributed by atoms with Crippen LogP contribution in [0.2, 0.25) is 0 Å². The number of hydrogen-bond acceptors (Lipinski definition) is 2. The van der Waals surface area contributed by atoms with Crippen molar-refractivity contribution in [3.8, 4) is 0 Å². The van der Waals surface area contributed by atoms with E-state index in [1.54, 1.807) is 11.3 Å². The molecule has 4 bridgehead atoms. The van der Waals surface area contributed by atoms with Crippen molar-refractivity contribution in [2.45, 2.75) is 63.1 Å². The first-order chi connectivity index (χ1) is 13.6. The lowest BCUT2D eigenvalue weighted by Gasteiger charge is -2.57. The van der Waals surface area contributed by atoms with Crippen LogP contribution in [0.15, 0.2) is 47.8 Å². The molecule has 1 heterocycles. The zero-order valence-corrected chi connectivity index (χ0v) is 17.5. The van der Waals surface area contributed by atoms with Gasteiger partial charge in [-0.3, -0.25) is 4.79 Å². The fraction of sp³-hybridized carbons (Fsp3) is 0.542. The van der Waals surface area contributed by atoms with Gasteiger partial charge in [-0.2, -0.15) is 0 Å². The molecular formula is C24H31N2OS+. The SMILES string of the molecule is C[C@H]([NH2+][C@H](c1ccccc1)c1cccs1)C(=O)NC12CC3CC(CC(C3)C1)C2. The lowest BCUT2D eigenvalue weighted by Crippen LogP contribution is -2.93. The van der Waals surface area contributed by atoms with Crippen LogP contribution < -0.4 is 10.6 Å². The molecule has 4 saturated carbocycles. The van der Waals surface area contributed by atoms with E-state index in [9.17, 15) is 4.79 Å². The van der Waals surface area contributed by atoms with Crippen LogP contribution in [-0.2, 0) is 4.79 Å². The van der Waals surface area contributed by atoms with Gasteiger partial charge in [-0.25, -0.2) is 0 Å². The van der Waals surface area contributed by atoms with Gasteiger partial charge in [0.2, 0.25) is 0 Å². The van der Waals surface area contributed by atoms with E-state index in [2.05, 4.69) is 65.4 Å². The van der Waals surface area contributed by atoms with E-state index >= 15 is 0 Å². The highest BCUT2D eigenvalue weighted by molar-refractivity contribution is 7.10. The Morgan fingerprint density at radius 1 is 1.04 bits per heavy atom. The van der Waals surface area contributed by atoms with Crippen molar-refractivity contribution in [3.63, 3.8) is 0 Å². The second kappa shape index (κ2) is 7.31. The number of benzene rings is 1. The third kappa shape index (κ3) is 3.53. The van der Waals surface area contributed by atoms with Crippen LogP contribution in [-0.4, -0.2) is 17.5 Å². The summed E-state index contributed by atoms with van der Waals surface area (Å²) < 4.78 is 0. The van der Waals surface area contributed by atoms with Gasteiger partial charge in [0.1, 0.15) is 6.04 Å². The summed E-state index contributed by atoms with van der Waals surface area (Å²) in [6.45, 7) is 2.07. The first-order valence-electron chi connectivity index (χ1n) is 10.9. The Balaban J connectivity index is 1.30. The molecule has 28 heavy (non-hydrogen) atoms. The average molecular weight is 396 g/mol. The highest BCUT2D eigenvalue weighted by Crippen LogP contribution is 2.55. The molecule has 0 aliphatic heterocycles. The summed E-state index contributed by atoms with van der Waals surface area (Å²) in [7, 11) is 0. The molecule has 1 amide bonds. The van der Waals surface area contributed by atoms with Crippen LogP contribution in [0, 0.1) is 17.8 Å². The molecular weight excluding hydrogens is 364 g/mol. The van der Waals surface area contributed by atoms with E-state index in [1.165, 1.54) is 49.0 Å². The largest absolute Gasteiger partial charge is 0.345 e. The Morgan fingerprint density at radius 2 is 1.68 bits per heavy atom. The molecule has 3 nitrogen and oxygen atoms in total. The molecule has 2 aromatic rings. The average Bonchev–Trinajstić information content (AvgIpc) is 3.19. The molecule has 0 radical (unpaired) electrons. The van der Waals surface area contributed by atoms with Gasteiger partial charge in [-0.15, -0.1) is 11.3 Å². The summed E-state index contributed by atoms with van der Waals surface area (Å²) in [4.78, 5) is 14.5. The number of carbonyl (C=O) groups excluding carboxylic acids is 1. The number of nitrogens with one attached hydrogen (secondary N) is 1. The summed E-state index contributed by atoms with van der Waals surface area (Å²) in [6.07, 6.45) is 7.86. The van der Waals surface area contributed by atoms with Crippen LogP contribution >= 0.6 is 11.3 Å². The molecule has 1 aromatic heterocycles. The van der Waals surface area contributed by atoms with Crippen molar-refractivity contribution >= 4 is 17.2 Å². The molecule has 0 spiro atoms. The highest BCUT2D eigenvalue weighted by atomic mass is 32.1. The van der Waals surface area contributed by atoms with Gasteiger partial charge in [-0.05, 0) is 74.6 Å². The normalized spacial score (nSPS) is 32.8. The lowest BCUT2D eigenvalue weighted by atomic mass is 9.53. The minimum Gasteiger partial charge on any atom is -0.345 e. The zero-order chi connectivity index (χ0) is 19.1. The predicted octanol–water partition coefficient (Wildman–Crippen LogP) is 3.87. The Hall–Kier alpha value is -1.65. The summed E-state index contributed by atoms with van der Waals surface area (Å²) in [5.74, 6) is 2.79. The molecule has 3 N–H and O–H groups in total. The van der Waals surface area contributed by atoms with Gasteiger partial charge in [0.15, 0.2) is 6.04 Å². The Kier molecular flexibility index (Phi) is 4.80. The van der Waals surface area contributed by atoms with Crippen molar-refractivity contribution in [1.82, 2.24) is 5.32 Å². The first kappa shape index (κ1) is 18.4. The van der Waals surface area contributed by atoms with E-state index in [-0.39, 0.29) is 23.5 Å². The zero-order valence-electron chi connectivity index (χ0n) is 16.6. The predicted molar refractivity (Wildman–Crippen MR) is 113 cm³/mol. The molecule has 4 fully saturated rings. The molecule has 1 aromatic carbocycles. The fourth-order valence-electron chi connectivity index (χ4n) is 6.51. The van der Waals surface area contributed by atoms with E-state index in [0.29, 0.717) is 0 Å². The van der Waals surface area contributed by atoms with Crippen LogP contribution in [0.1, 0.15) is 61.9 Å². The maximum absolute atomic E-state index is 13.2. The van der Waals surface area contributed by atoms with Crippen LogP contribution in [0.5, 0.6) is 0 Å². The third-order valence-corrected chi connectivity index (χ3v) is 8.29. The summed E-state index contributed by atoms with van der Waals surface area (Å²) >= 11 is 1.77. The maximum atomic E-state index is 13.2. The fourth-order valence-corrected chi connectivity index (χ4v) is 7.35. The Bertz CT molecular complexity index is 781. The van der Waals surface area contributed by atoms with Crippen LogP contribution in [0.4, 0.5) is 0 Å². The van der Waals surface area contributed by atoms with Gasteiger partial charge in [0.05, 0.1) is 4.88 Å². The minimum absolute atomic E-state index is 0.0963. The molecule has 4 heteroatoms. The second-order valence-corrected chi connectivity index (χ2v) is 10.6. The molecule has 4 aliphatic carbocycles. The number of rotatable bonds is 6. The van der Waals surface area contributed by atoms with Gasteiger partial charge in [0.25, 0.3) is 5.91 Å². The van der Waals surface area contributed by atoms with E-state index < -0.39 is 0 Å². The van der Waals surface area contributed by atoms with Crippen LogP contribution in [0.3, 0.4) is 0 Å². The third-order valence-electron chi connectivity index (χ3n) is 7.33. The maximum Gasteiger partial charge on any atom is 0.278 e. The topological polar surface area (TPSA) is 45.7 Å². The molecule has 0 unspecified atom stereocenters. The van der Waals surface area contributed by atoms with Crippen molar-refractivity contribution in [1.29, 1.82) is 0 Å². The molecule has 0 saturated heterocycles. The number of nitrogens with two attached hydrogens (primary N) is 1. The van der Waals surface area contributed by atoms with Gasteiger partial charge < -0.3 is 10.6 Å². The minimum atomic E-state index is -0.0969. The molecule has 6 rings (SSSR count). The molecule has 148 valence electrons. The van der Waals surface area contributed by atoms with Crippen LogP contribution in [0.25, 0.3) is 0 Å². The summed E-state index contributed by atoms with van der Waals surface area (Å²) in [5.41, 5.74) is 1.36. The van der Waals surface area contributed by atoms with Gasteiger partial charge in [0, 0.05) is 11.1 Å². The van der Waals surface area contributed by atoms with E-state index in [1.807, 2.05) is 0 Å². The molecule has 4 aliphatic rings.